The van der Waals surface area contributed by atoms with Gasteiger partial charge in [-0.1, -0.05) is 6.08 Å². The maximum absolute atomic E-state index is 11.4. The number of nitriles is 1. The molecule has 0 heterocycles. The Kier molecular flexibility index (Phi) is 2.95. The summed E-state index contributed by atoms with van der Waals surface area (Å²) >= 11 is 0. The van der Waals surface area contributed by atoms with E-state index >= 15 is 0 Å². The molecule has 0 aliphatic rings. The van der Waals surface area contributed by atoms with E-state index in [-0.39, 0.29) is 5.57 Å². The molecular weight excluding hydrogens is 93.1 g/mol. The average Bonchev–Trinajstić information content (AvgIpc) is 1.72. The van der Waals surface area contributed by atoms with Gasteiger partial charge in [-0.15, -0.1) is 0 Å². The van der Waals surface area contributed by atoms with E-state index in [9.17, 15) is 4.39 Å². The van der Waals surface area contributed by atoms with Crippen molar-refractivity contribution in [1.29, 1.82) is 5.26 Å². The number of hydrogen-bond donors (Lipinski definition) is 0. The molecule has 0 aromatic carbocycles. The summed E-state index contributed by atoms with van der Waals surface area (Å²) in [6.45, 7) is 0.991. The lowest BCUT2D eigenvalue weighted by Crippen LogP contribution is -1.76. The topological polar surface area (TPSA) is 23.8 Å². The molecule has 0 unspecified atom stereocenters. The second kappa shape index (κ2) is 3.35. The predicted molar refractivity (Wildman–Crippen MR) is 25.3 cm³/mol. The second-order valence-electron chi connectivity index (χ2n) is 1.06. The quantitative estimate of drug-likeness (QED) is 0.456. The Bertz CT molecular complexity index is 110. The Balaban J connectivity index is 3.68. The van der Waals surface area contributed by atoms with Crippen LogP contribution in [-0.2, 0) is 0 Å². The first kappa shape index (κ1) is 6.16. The zero-order valence-electron chi connectivity index (χ0n) is 4.11. The molecule has 0 radical (unpaired) electrons. The van der Waals surface area contributed by atoms with Crippen LogP contribution >= 0.6 is 0 Å². The van der Waals surface area contributed by atoms with Gasteiger partial charge in [-0.05, 0) is 6.92 Å². The van der Waals surface area contributed by atoms with Gasteiger partial charge >= 0.3 is 0 Å². The zero-order valence-corrected chi connectivity index (χ0v) is 4.11. The van der Waals surface area contributed by atoms with Gasteiger partial charge in [-0.2, -0.15) is 5.26 Å². The maximum Gasteiger partial charge on any atom is 0.124 e. The molecule has 0 aliphatic heterocycles. The van der Waals surface area contributed by atoms with Crippen molar-refractivity contribution in [3.8, 4) is 6.07 Å². The van der Waals surface area contributed by atoms with Crippen LogP contribution in [0.25, 0.3) is 0 Å². The smallest absolute Gasteiger partial charge is 0.124 e. The molecule has 0 saturated heterocycles. The van der Waals surface area contributed by atoms with Crippen molar-refractivity contribution in [3.63, 3.8) is 0 Å². The molecule has 0 saturated carbocycles. The number of allylic oxidation sites excluding steroid dienone is 2. The van der Waals surface area contributed by atoms with E-state index in [2.05, 4.69) is 0 Å². The fourth-order valence-electron chi connectivity index (χ4n) is 0.172. The fraction of sp³-hybridized carbons (Fsp3) is 0.400. The van der Waals surface area contributed by atoms with Gasteiger partial charge in [0.2, 0.25) is 0 Å². The Morgan fingerprint density at radius 2 is 2.57 bits per heavy atom. The number of alkyl halides is 1. The molecule has 2 heteroatoms. The lowest BCUT2D eigenvalue weighted by molar-refractivity contribution is 0.550. The largest absolute Gasteiger partial charge is 0.245 e. The molecule has 0 atom stereocenters. The summed E-state index contributed by atoms with van der Waals surface area (Å²) in [5.41, 5.74) is 0.194. The molecule has 0 aromatic heterocycles. The summed E-state index contributed by atoms with van der Waals surface area (Å²) in [5.74, 6) is 0. The van der Waals surface area contributed by atoms with Crippen LogP contribution in [0.4, 0.5) is 4.39 Å². The van der Waals surface area contributed by atoms with E-state index < -0.39 is 6.67 Å². The molecule has 0 N–H and O–H groups in total. The third kappa shape index (κ3) is 1.94. The molecular formula is C5H6FN. The van der Waals surface area contributed by atoms with Crippen LogP contribution in [-0.4, -0.2) is 6.67 Å². The summed E-state index contributed by atoms with van der Waals surface area (Å²) in [6, 6.07) is 1.69. The minimum Gasteiger partial charge on any atom is -0.245 e. The molecule has 0 rings (SSSR count). The Hall–Kier alpha value is -0.840. The Morgan fingerprint density at radius 1 is 2.00 bits per heavy atom. The third-order valence-corrected chi connectivity index (χ3v) is 0.636. The first-order chi connectivity index (χ1) is 3.35. The Labute approximate surface area is 42.1 Å². The van der Waals surface area contributed by atoms with Crippen LogP contribution in [0.2, 0.25) is 0 Å². The molecule has 0 aromatic rings. The number of halogens is 1. The van der Waals surface area contributed by atoms with Crippen molar-refractivity contribution < 1.29 is 4.39 Å². The van der Waals surface area contributed by atoms with Crippen molar-refractivity contribution >= 4 is 0 Å². The zero-order chi connectivity index (χ0) is 5.70. The van der Waals surface area contributed by atoms with Gasteiger partial charge in [-0.3, -0.25) is 0 Å². The van der Waals surface area contributed by atoms with Crippen molar-refractivity contribution in [1.82, 2.24) is 0 Å². The van der Waals surface area contributed by atoms with E-state index in [0.29, 0.717) is 0 Å². The van der Waals surface area contributed by atoms with Gasteiger partial charge in [0, 0.05) is 0 Å². The summed E-state index contributed by atoms with van der Waals surface area (Å²) in [5, 5.41) is 7.97. The number of hydrogen-bond acceptors (Lipinski definition) is 1. The van der Waals surface area contributed by atoms with E-state index in [4.69, 9.17) is 5.26 Å². The highest BCUT2D eigenvalue weighted by molar-refractivity contribution is 5.19. The molecule has 1 nitrogen and oxygen atoms in total. The lowest BCUT2D eigenvalue weighted by atomic mass is 10.3. The minimum absolute atomic E-state index is 0.194. The van der Waals surface area contributed by atoms with Crippen molar-refractivity contribution in [2.45, 2.75) is 6.92 Å². The molecule has 0 spiro atoms. The third-order valence-electron chi connectivity index (χ3n) is 0.636. The monoisotopic (exact) mass is 99.0 g/mol. The molecule has 7 heavy (non-hydrogen) atoms. The van der Waals surface area contributed by atoms with Gasteiger partial charge in [0.15, 0.2) is 0 Å². The highest BCUT2D eigenvalue weighted by Gasteiger charge is 1.85. The van der Waals surface area contributed by atoms with Gasteiger partial charge in [0.1, 0.15) is 6.67 Å². The maximum atomic E-state index is 11.4. The van der Waals surface area contributed by atoms with Gasteiger partial charge in [0.05, 0.1) is 11.6 Å². The summed E-state index contributed by atoms with van der Waals surface area (Å²) in [7, 11) is 0. The van der Waals surface area contributed by atoms with Crippen molar-refractivity contribution in [2.24, 2.45) is 0 Å². The summed E-state index contributed by atoms with van der Waals surface area (Å²) < 4.78 is 11.4. The van der Waals surface area contributed by atoms with E-state index in [0.717, 1.165) is 0 Å². The highest BCUT2D eigenvalue weighted by Crippen LogP contribution is 1.89. The molecule has 0 bridgehead atoms. The van der Waals surface area contributed by atoms with Crippen LogP contribution in [0.1, 0.15) is 6.92 Å². The van der Waals surface area contributed by atoms with Crippen LogP contribution < -0.4 is 0 Å². The first-order valence-corrected chi connectivity index (χ1v) is 1.96. The highest BCUT2D eigenvalue weighted by atomic mass is 19.1. The molecule has 0 fully saturated rings. The van der Waals surface area contributed by atoms with Crippen LogP contribution in [0.5, 0.6) is 0 Å². The van der Waals surface area contributed by atoms with Crippen LogP contribution in [0, 0.1) is 11.3 Å². The normalized spacial score (nSPS) is 10.7. The number of rotatable bonds is 1. The van der Waals surface area contributed by atoms with Crippen LogP contribution in [0.3, 0.4) is 0 Å². The van der Waals surface area contributed by atoms with E-state index in [1.807, 2.05) is 0 Å². The molecule has 38 valence electrons. The van der Waals surface area contributed by atoms with Gasteiger partial charge < -0.3 is 0 Å². The first-order valence-electron chi connectivity index (χ1n) is 1.96. The SMILES string of the molecule is CC=C(C#N)CF. The predicted octanol–water partition coefficient (Wildman–Crippen LogP) is 1.43. The molecule has 0 amide bonds. The summed E-state index contributed by atoms with van der Waals surface area (Å²) in [6.07, 6.45) is 1.46. The van der Waals surface area contributed by atoms with Gasteiger partial charge in [0.25, 0.3) is 0 Å². The second-order valence-corrected chi connectivity index (χ2v) is 1.06. The van der Waals surface area contributed by atoms with Crippen molar-refractivity contribution in [2.75, 3.05) is 6.67 Å². The minimum atomic E-state index is -0.646. The van der Waals surface area contributed by atoms with Crippen LogP contribution in [0.15, 0.2) is 11.6 Å². The summed E-state index contributed by atoms with van der Waals surface area (Å²) in [4.78, 5) is 0. The van der Waals surface area contributed by atoms with Gasteiger partial charge in [-0.25, -0.2) is 4.39 Å². The number of nitrogens with zero attached hydrogens (tertiary/aromatic N) is 1. The molecule has 0 aliphatic carbocycles. The van der Waals surface area contributed by atoms with E-state index in [1.165, 1.54) is 6.08 Å². The fourth-order valence-corrected chi connectivity index (χ4v) is 0.172. The lowest BCUT2D eigenvalue weighted by Gasteiger charge is -1.78. The average molecular weight is 99.1 g/mol. The van der Waals surface area contributed by atoms with Crippen molar-refractivity contribution in [3.05, 3.63) is 11.6 Å². The standard InChI is InChI=1S/C5H6FN/c1-2-5(3-6)4-7/h2H,3H2,1H3. The Morgan fingerprint density at radius 3 is 2.57 bits per heavy atom. The van der Waals surface area contributed by atoms with E-state index in [1.54, 1.807) is 13.0 Å².